The Morgan fingerprint density at radius 3 is 2.51 bits per heavy atom. The third-order valence-corrected chi connectivity index (χ3v) is 6.29. The first-order chi connectivity index (χ1) is 17.5. The Hall–Kier alpha value is -3.53. The third-order valence-electron chi connectivity index (χ3n) is 6.29. The molecule has 1 fully saturated rings. The van der Waals surface area contributed by atoms with Crippen LogP contribution in [0.4, 0.5) is 18.9 Å². The summed E-state index contributed by atoms with van der Waals surface area (Å²) in [5, 5.41) is 2.98. The Morgan fingerprint density at radius 2 is 1.89 bits per heavy atom. The average molecular weight is 518 g/mol. The van der Waals surface area contributed by atoms with Crippen LogP contribution >= 0.6 is 0 Å². The maximum atomic E-state index is 13.3. The van der Waals surface area contributed by atoms with Gasteiger partial charge in [0.15, 0.2) is 6.61 Å². The Balaban J connectivity index is 1.85. The number of alkyl halides is 3. The number of aliphatic imine (C=N–C) groups is 1. The molecule has 37 heavy (non-hydrogen) atoms. The highest BCUT2D eigenvalue weighted by molar-refractivity contribution is 6.09. The fraction of sp³-hybridized carbons (Fsp3) is 0.407. The number of nitrogens with one attached hydrogen (secondary N) is 1. The minimum atomic E-state index is -4.49. The number of halogens is 3. The standard InChI is InChI=1S/C27H34F3N5O2/c1-18-5-6-23(35-9-7-34(4)8-10-35)14-25(18)26(36)33-19(2)20-11-21(22(15-31)16-32-3)13-24(12-20)37-17-27(28,29)30/h5-6,11-16,19H,7-10,17,31H2,1-4H3,(H,33,36)/b22-15+,32-16?/t19-/m1/s1. The summed E-state index contributed by atoms with van der Waals surface area (Å²) in [5.74, 6) is -0.253. The molecule has 1 amide bonds. The number of carbonyl (C=O) groups is 1. The molecule has 1 heterocycles. The van der Waals surface area contributed by atoms with Crippen LogP contribution in [0.5, 0.6) is 5.75 Å². The topological polar surface area (TPSA) is 83.2 Å². The molecule has 3 N–H and O–H groups in total. The molecule has 0 unspecified atom stereocenters. The molecule has 0 aliphatic carbocycles. The van der Waals surface area contributed by atoms with E-state index in [1.165, 1.54) is 24.5 Å². The monoisotopic (exact) mass is 517 g/mol. The number of hydrogen-bond acceptors (Lipinski definition) is 6. The van der Waals surface area contributed by atoms with E-state index >= 15 is 0 Å². The van der Waals surface area contributed by atoms with Gasteiger partial charge in [0.2, 0.25) is 0 Å². The van der Waals surface area contributed by atoms with Crippen LogP contribution in [0.3, 0.4) is 0 Å². The molecule has 10 heteroatoms. The van der Waals surface area contributed by atoms with E-state index in [9.17, 15) is 18.0 Å². The van der Waals surface area contributed by atoms with Crippen molar-refractivity contribution in [3.63, 3.8) is 0 Å². The van der Waals surface area contributed by atoms with Crippen LogP contribution < -0.4 is 20.7 Å². The van der Waals surface area contributed by atoms with Crippen molar-refractivity contribution < 1.29 is 22.7 Å². The van der Waals surface area contributed by atoms with Gasteiger partial charge in [-0.2, -0.15) is 13.2 Å². The Kier molecular flexibility index (Phi) is 9.20. The maximum absolute atomic E-state index is 13.3. The number of hydrogen-bond donors (Lipinski definition) is 2. The van der Waals surface area contributed by atoms with Crippen LogP contribution in [0.1, 0.15) is 40.0 Å². The Labute approximate surface area is 215 Å². The first-order valence-electron chi connectivity index (χ1n) is 12.0. The van der Waals surface area contributed by atoms with Gasteiger partial charge in [-0.15, -0.1) is 0 Å². The molecule has 0 bridgehead atoms. The molecule has 3 rings (SSSR count). The fourth-order valence-electron chi connectivity index (χ4n) is 4.11. The van der Waals surface area contributed by atoms with Gasteiger partial charge in [-0.3, -0.25) is 9.79 Å². The smallest absolute Gasteiger partial charge is 0.422 e. The minimum absolute atomic E-state index is 0.0167. The van der Waals surface area contributed by atoms with Crippen molar-refractivity contribution in [3.8, 4) is 5.75 Å². The van der Waals surface area contributed by atoms with Crippen molar-refractivity contribution in [1.82, 2.24) is 10.2 Å². The van der Waals surface area contributed by atoms with Crippen LogP contribution in [0.2, 0.25) is 0 Å². The van der Waals surface area contributed by atoms with Crippen molar-refractivity contribution in [2.45, 2.75) is 26.1 Å². The molecule has 0 saturated carbocycles. The summed E-state index contributed by atoms with van der Waals surface area (Å²) in [6.07, 6.45) is -1.67. The number of anilines is 1. The molecular weight excluding hydrogens is 483 g/mol. The number of amides is 1. The number of allylic oxidation sites excluding steroid dienone is 1. The summed E-state index contributed by atoms with van der Waals surface area (Å²) >= 11 is 0. The Morgan fingerprint density at radius 1 is 1.19 bits per heavy atom. The van der Waals surface area contributed by atoms with Gasteiger partial charge in [0.1, 0.15) is 5.75 Å². The van der Waals surface area contributed by atoms with Gasteiger partial charge in [-0.1, -0.05) is 6.07 Å². The van der Waals surface area contributed by atoms with Crippen molar-refractivity contribution >= 4 is 23.4 Å². The van der Waals surface area contributed by atoms with Crippen LogP contribution in [0.25, 0.3) is 5.57 Å². The van der Waals surface area contributed by atoms with Crippen LogP contribution in [0.15, 0.2) is 47.6 Å². The Bertz CT molecular complexity index is 1160. The molecule has 1 atom stereocenters. The number of aryl methyl sites for hydroxylation is 1. The van der Waals surface area contributed by atoms with E-state index in [0.29, 0.717) is 22.3 Å². The summed E-state index contributed by atoms with van der Waals surface area (Å²) in [4.78, 5) is 21.8. The van der Waals surface area contributed by atoms with Crippen molar-refractivity contribution in [2.24, 2.45) is 10.7 Å². The average Bonchev–Trinajstić information content (AvgIpc) is 2.86. The lowest BCUT2D eigenvalue weighted by molar-refractivity contribution is -0.153. The third kappa shape index (κ3) is 7.72. The largest absolute Gasteiger partial charge is 0.484 e. The summed E-state index contributed by atoms with van der Waals surface area (Å²) < 4.78 is 43.4. The van der Waals surface area contributed by atoms with E-state index in [2.05, 4.69) is 27.2 Å². The van der Waals surface area contributed by atoms with Gasteiger partial charge in [-0.05, 0) is 67.9 Å². The second-order valence-electron chi connectivity index (χ2n) is 9.19. The summed E-state index contributed by atoms with van der Waals surface area (Å²) in [7, 11) is 3.65. The zero-order valence-electron chi connectivity index (χ0n) is 21.6. The maximum Gasteiger partial charge on any atom is 0.422 e. The number of likely N-dealkylation sites (N-methyl/N-ethyl adjacent to an activating group) is 1. The van der Waals surface area contributed by atoms with Crippen LogP contribution in [-0.4, -0.2) is 70.1 Å². The predicted molar refractivity (Wildman–Crippen MR) is 141 cm³/mol. The quantitative estimate of drug-likeness (QED) is 0.514. The molecular formula is C27H34F3N5O2. The lowest BCUT2D eigenvalue weighted by Crippen LogP contribution is -2.44. The molecule has 1 aliphatic heterocycles. The molecule has 7 nitrogen and oxygen atoms in total. The lowest BCUT2D eigenvalue weighted by Gasteiger charge is -2.34. The molecule has 200 valence electrons. The number of benzene rings is 2. The first kappa shape index (κ1) is 28.0. The molecule has 0 aromatic heterocycles. The fourth-order valence-corrected chi connectivity index (χ4v) is 4.11. The number of nitrogens with two attached hydrogens (primary N) is 1. The van der Waals surface area contributed by atoms with Gasteiger partial charge in [0.05, 0.1) is 6.04 Å². The van der Waals surface area contributed by atoms with E-state index in [1.807, 2.05) is 25.1 Å². The van der Waals surface area contributed by atoms with E-state index < -0.39 is 18.8 Å². The van der Waals surface area contributed by atoms with Gasteiger partial charge >= 0.3 is 6.18 Å². The normalized spacial score (nSPS) is 16.2. The predicted octanol–water partition coefficient (Wildman–Crippen LogP) is 4.18. The van der Waals surface area contributed by atoms with Gasteiger partial charge in [0, 0.05) is 62.5 Å². The molecule has 1 aliphatic rings. The lowest BCUT2D eigenvalue weighted by atomic mass is 9.99. The zero-order chi connectivity index (χ0) is 27.2. The highest BCUT2D eigenvalue weighted by atomic mass is 19.4. The number of rotatable bonds is 8. The van der Waals surface area contributed by atoms with Gasteiger partial charge < -0.3 is 25.6 Å². The first-order valence-corrected chi connectivity index (χ1v) is 12.0. The van der Waals surface area contributed by atoms with Crippen molar-refractivity contribution in [3.05, 3.63) is 64.9 Å². The summed E-state index contributed by atoms with van der Waals surface area (Å²) in [6.45, 7) is 5.86. The van der Waals surface area contributed by atoms with E-state index in [0.717, 1.165) is 37.4 Å². The molecule has 2 aromatic carbocycles. The van der Waals surface area contributed by atoms with Crippen LogP contribution in [-0.2, 0) is 0 Å². The van der Waals surface area contributed by atoms with Gasteiger partial charge in [0.25, 0.3) is 5.91 Å². The molecule has 0 radical (unpaired) electrons. The second kappa shape index (κ2) is 12.1. The summed E-state index contributed by atoms with van der Waals surface area (Å²) in [6, 6.07) is 10.0. The van der Waals surface area contributed by atoms with Gasteiger partial charge in [-0.25, -0.2) is 0 Å². The van der Waals surface area contributed by atoms with E-state index in [4.69, 9.17) is 10.5 Å². The zero-order valence-corrected chi connectivity index (χ0v) is 21.6. The minimum Gasteiger partial charge on any atom is -0.484 e. The molecule has 0 spiro atoms. The highest BCUT2D eigenvalue weighted by Gasteiger charge is 2.28. The number of nitrogens with zero attached hydrogens (tertiary/aromatic N) is 3. The number of piperazine rings is 1. The highest BCUT2D eigenvalue weighted by Crippen LogP contribution is 2.28. The summed E-state index contributed by atoms with van der Waals surface area (Å²) in [5.41, 5.74) is 9.69. The van der Waals surface area contributed by atoms with Crippen molar-refractivity contribution in [2.75, 3.05) is 51.8 Å². The number of carbonyl (C=O) groups excluding carboxylic acids is 1. The number of ether oxygens (including phenoxy) is 1. The van der Waals surface area contributed by atoms with E-state index in [1.54, 1.807) is 20.0 Å². The SMILES string of the molecule is CN=C/C(=C\N)c1cc(OCC(F)(F)F)cc([C@@H](C)NC(=O)c2cc(N3CCN(C)CC3)ccc2C)c1. The van der Waals surface area contributed by atoms with Crippen LogP contribution in [0, 0.1) is 6.92 Å². The second-order valence-corrected chi connectivity index (χ2v) is 9.19. The van der Waals surface area contributed by atoms with E-state index in [-0.39, 0.29) is 11.7 Å². The molecule has 2 aromatic rings. The van der Waals surface area contributed by atoms with Crippen molar-refractivity contribution in [1.29, 1.82) is 0 Å². The molecule has 1 saturated heterocycles.